The average molecular weight is 334 g/mol. The lowest BCUT2D eigenvalue weighted by Gasteiger charge is -2.12. The molecule has 0 bridgehead atoms. The Morgan fingerprint density at radius 2 is 1.64 bits per heavy atom. The number of rotatable bonds is 6. The minimum atomic E-state index is -0.335. The molecule has 2 N–H and O–H groups in total. The SMILES string of the molecule is O=C(CNc1cccc(F)c1)Nc1ccccc1Cc1ccccc1. The van der Waals surface area contributed by atoms with Crippen LogP contribution in [-0.4, -0.2) is 12.5 Å². The molecule has 0 saturated heterocycles. The molecule has 0 aliphatic rings. The number of anilines is 2. The van der Waals surface area contributed by atoms with Crippen LogP contribution in [0.15, 0.2) is 78.9 Å². The summed E-state index contributed by atoms with van der Waals surface area (Å²) in [4.78, 5) is 12.2. The van der Waals surface area contributed by atoms with Crippen LogP contribution >= 0.6 is 0 Å². The zero-order valence-corrected chi connectivity index (χ0v) is 13.7. The van der Waals surface area contributed by atoms with E-state index in [-0.39, 0.29) is 18.3 Å². The van der Waals surface area contributed by atoms with Gasteiger partial charge in [0.25, 0.3) is 0 Å². The maximum atomic E-state index is 13.2. The van der Waals surface area contributed by atoms with Crippen LogP contribution in [0.3, 0.4) is 0 Å². The molecule has 0 atom stereocenters. The first-order valence-corrected chi connectivity index (χ1v) is 8.12. The Labute approximate surface area is 146 Å². The highest BCUT2D eigenvalue weighted by molar-refractivity contribution is 5.94. The molecule has 0 aliphatic heterocycles. The summed E-state index contributed by atoms with van der Waals surface area (Å²) in [5, 5.41) is 5.84. The molecule has 4 heteroatoms. The topological polar surface area (TPSA) is 41.1 Å². The number of halogens is 1. The van der Waals surface area contributed by atoms with E-state index >= 15 is 0 Å². The first-order chi connectivity index (χ1) is 12.2. The predicted octanol–water partition coefficient (Wildman–Crippen LogP) is 4.47. The van der Waals surface area contributed by atoms with Crippen LogP contribution in [0, 0.1) is 5.82 Å². The van der Waals surface area contributed by atoms with Crippen molar-refractivity contribution in [1.29, 1.82) is 0 Å². The zero-order valence-electron chi connectivity index (χ0n) is 13.7. The standard InChI is InChI=1S/C21H19FN2O/c22-18-10-6-11-19(14-18)23-15-21(25)24-20-12-5-4-9-17(20)13-16-7-2-1-3-8-16/h1-12,14,23H,13,15H2,(H,24,25). The van der Waals surface area contributed by atoms with Crippen molar-refractivity contribution >= 4 is 17.3 Å². The van der Waals surface area contributed by atoms with Crippen LogP contribution in [0.25, 0.3) is 0 Å². The molecule has 0 aliphatic carbocycles. The van der Waals surface area contributed by atoms with Crippen molar-refractivity contribution < 1.29 is 9.18 Å². The van der Waals surface area contributed by atoms with E-state index in [9.17, 15) is 9.18 Å². The second-order valence-electron chi connectivity index (χ2n) is 5.73. The van der Waals surface area contributed by atoms with Gasteiger partial charge < -0.3 is 10.6 Å². The maximum absolute atomic E-state index is 13.2. The molecule has 0 aromatic heterocycles. The van der Waals surface area contributed by atoms with Gasteiger partial charge in [-0.05, 0) is 41.8 Å². The summed E-state index contributed by atoms with van der Waals surface area (Å²) in [6.45, 7) is 0.0725. The molecule has 3 aromatic rings. The van der Waals surface area contributed by atoms with Crippen molar-refractivity contribution in [3.05, 3.63) is 95.8 Å². The smallest absolute Gasteiger partial charge is 0.243 e. The van der Waals surface area contributed by atoms with Crippen LogP contribution in [-0.2, 0) is 11.2 Å². The molecule has 3 aromatic carbocycles. The average Bonchev–Trinajstić information content (AvgIpc) is 2.63. The monoisotopic (exact) mass is 334 g/mol. The van der Waals surface area contributed by atoms with Crippen LogP contribution in [0.4, 0.5) is 15.8 Å². The fourth-order valence-corrected chi connectivity index (χ4v) is 2.59. The summed E-state index contributed by atoms with van der Waals surface area (Å²) in [6.07, 6.45) is 0.745. The molecule has 0 fully saturated rings. The molecular formula is C21H19FN2O. The van der Waals surface area contributed by atoms with Crippen molar-refractivity contribution in [2.24, 2.45) is 0 Å². The number of carbonyl (C=O) groups excluding carboxylic acids is 1. The molecule has 0 radical (unpaired) electrons. The van der Waals surface area contributed by atoms with Crippen molar-refractivity contribution in [2.45, 2.75) is 6.42 Å². The summed E-state index contributed by atoms with van der Waals surface area (Å²) in [7, 11) is 0. The van der Waals surface area contributed by atoms with Gasteiger partial charge in [-0.15, -0.1) is 0 Å². The number of carbonyl (C=O) groups is 1. The predicted molar refractivity (Wildman–Crippen MR) is 99.2 cm³/mol. The van der Waals surface area contributed by atoms with Gasteiger partial charge in [0, 0.05) is 11.4 Å². The summed E-state index contributed by atoms with van der Waals surface area (Å²) in [5.74, 6) is -0.511. The van der Waals surface area contributed by atoms with Gasteiger partial charge in [0.05, 0.1) is 6.54 Å². The van der Waals surface area contributed by atoms with E-state index in [1.807, 2.05) is 42.5 Å². The molecular weight excluding hydrogens is 315 g/mol. The number of benzene rings is 3. The lowest BCUT2D eigenvalue weighted by Crippen LogP contribution is -2.22. The van der Waals surface area contributed by atoms with E-state index in [2.05, 4.69) is 22.8 Å². The fourth-order valence-electron chi connectivity index (χ4n) is 2.59. The third-order valence-corrected chi connectivity index (χ3v) is 3.81. The fraction of sp³-hybridized carbons (Fsp3) is 0.0952. The Hall–Kier alpha value is -3.14. The van der Waals surface area contributed by atoms with Crippen molar-refractivity contribution in [1.82, 2.24) is 0 Å². The quantitative estimate of drug-likeness (QED) is 0.698. The maximum Gasteiger partial charge on any atom is 0.243 e. The summed E-state index contributed by atoms with van der Waals surface area (Å²) >= 11 is 0. The van der Waals surface area contributed by atoms with Gasteiger partial charge in [0.15, 0.2) is 0 Å². The van der Waals surface area contributed by atoms with Crippen LogP contribution in [0.5, 0.6) is 0 Å². The number of hydrogen-bond donors (Lipinski definition) is 2. The third-order valence-electron chi connectivity index (χ3n) is 3.81. The Kier molecular flexibility index (Phi) is 5.42. The number of nitrogens with one attached hydrogen (secondary N) is 2. The molecule has 0 spiro atoms. The molecule has 1 amide bonds. The highest BCUT2D eigenvalue weighted by Crippen LogP contribution is 2.19. The summed E-state index contributed by atoms with van der Waals surface area (Å²) in [6, 6.07) is 23.9. The van der Waals surface area contributed by atoms with E-state index in [4.69, 9.17) is 0 Å². The van der Waals surface area contributed by atoms with Crippen molar-refractivity contribution in [3.63, 3.8) is 0 Å². The minimum absolute atomic E-state index is 0.0725. The first kappa shape index (κ1) is 16.7. The number of amides is 1. The van der Waals surface area contributed by atoms with Gasteiger partial charge in [-0.1, -0.05) is 54.6 Å². The van der Waals surface area contributed by atoms with Crippen molar-refractivity contribution in [2.75, 3.05) is 17.2 Å². The number of para-hydroxylation sites is 1. The van der Waals surface area contributed by atoms with Crippen LogP contribution in [0.1, 0.15) is 11.1 Å². The van der Waals surface area contributed by atoms with E-state index in [0.717, 1.165) is 17.7 Å². The Bertz CT molecular complexity index is 849. The molecule has 0 unspecified atom stereocenters. The van der Waals surface area contributed by atoms with E-state index in [1.54, 1.807) is 12.1 Å². The second-order valence-corrected chi connectivity index (χ2v) is 5.73. The largest absolute Gasteiger partial charge is 0.376 e. The van der Waals surface area contributed by atoms with E-state index in [1.165, 1.54) is 17.7 Å². The third kappa shape index (κ3) is 4.91. The summed E-state index contributed by atoms with van der Waals surface area (Å²) in [5.41, 5.74) is 3.60. The lowest BCUT2D eigenvalue weighted by atomic mass is 10.0. The summed E-state index contributed by atoms with van der Waals surface area (Å²) < 4.78 is 13.2. The molecule has 3 rings (SSSR count). The van der Waals surface area contributed by atoms with Gasteiger partial charge in [0.1, 0.15) is 5.82 Å². The lowest BCUT2D eigenvalue weighted by molar-refractivity contribution is -0.114. The second kappa shape index (κ2) is 8.11. The normalized spacial score (nSPS) is 10.3. The number of hydrogen-bond acceptors (Lipinski definition) is 2. The highest BCUT2D eigenvalue weighted by atomic mass is 19.1. The Morgan fingerprint density at radius 3 is 2.44 bits per heavy atom. The van der Waals surface area contributed by atoms with Crippen LogP contribution < -0.4 is 10.6 Å². The molecule has 0 saturated carbocycles. The highest BCUT2D eigenvalue weighted by Gasteiger charge is 2.07. The van der Waals surface area contributed by atoms with E-state index < -0.39 is 0 Å². The molecule has 25 heavy (non-hydrogen) atoms. The van der Waals surface area contributed by atoms with Gasteiger partial charge >= 0.3 is 0 Å². The van der Waals surface area contributed by atoms with Crippen LogP contribution in [0.2, 0.25) is 0 Å². The van der Waals surface area contributed by atoms with Gasteiger partial charge in [-0.2, -0.15) is 0 Å². The molecule has 126 valence electrons. The van der Waals surface area contributed by atoms with Gasteiger partial charge in [0.2, 0.25) is 5.91 Å². The first-order valence-electron chi connectivity index (χ1n) is 8.12. The molecule has 3 nitrogen and oxygen atoms in total. The zero-order chi connectivity index (χ0) is 17.5. The molecule has 0 heterocycles. The van der Waals surface area contributed by atoms with Gasteiger partial charge in [-0.25, -0.2) is 4.39 Å². The van der Waals surface area contributed by atoms with Crippen molar-refractivity contribution in [3.8, 4) is 0 Å². The Balaban J connectivity index is 1.63. The Morgan fingerprint density at radius 1 is 0.880 bits per heavy atom. The minimum Gasteiger partial charge on any atom is -0.376 e. The van der Waals surface area contributed by atoms with E-state index in [0.29, 0.717) is 5.69 Å². The van der Waals surface area contributed by atoms with Gasteiger partial charge in [-0.3, -0.25) is 4.79 Å².